The number of aromatic nitrogens is 3. The fourth-order valence-electron chi connectivity index (χ4n) is 2.60. The predicted octanol–water partition coefficient (Wildman–Crippen LogP) is 4.00. The fraction of sp³-hybridized carbons (Fsp3) is 0.250. The van der Waals surface area contributed by atoms with Crippen LogP contribution in [0.1, 0.15) is 22.6 Å². The monoisotopic (exact) mass is 398 g/mol. The van der Waals surface area contributed by atoms with E-state index in [1.807, 2.05) is 50.5 Å². The van der Waals surface area contributed by atoms with Gasteiger partial charge >= 0.3 is 5.97 Å². The second kappa shape index (κ2) is 8.71. The molecule has 2 aromatic heterocycles. The molecule has 146 valence electrons. The van der Waals surface area contributed by atoms with Crippen LogP contribution in [0.2, 0.25) is 0 Å². The minimum atomic E-state index is -0.416. The highest BCUT2D eigenvalue weighted by atomic mass is 32.1. The normalized spacial score (nSPS) is 11.0. The molecule has 0 radical (unpaired) electrons. The predicted molar refractivity (Wildman–Crippen MR) is 110 cm³/mol. The summed E-state index contributed by atoms with van der Waals surface area (Å²) in [6, 6.07) is 7.56. The summed E-state index contributed by atoms with van der Waals surface area (Å²) in [5.74, 6) is 0.377. The first-order valence-corrected chi connectivity index (χ1v) is 9.54. The van der Waals surface area contributed by atoms with E-state index in [0.717, 1.165) is 33.5 Å². The Bertz CT molecular complexity index is 990. The number of esters is 1. The van der Waals surface area contributed by atoms with Gasteiger partial charge in [0, 0.05) is 35.4 Å². The Kier molecular flexibility index (Phi) is 6.10. The Morgan fingerprint density at radius 1 is 1.29 bits per heavy atom. The minimum absolute atomic E-state index is 0.120. The molecule has 0 saturated heterocycles. The van der Waals surface area contributed by atoms with Gasteiger partial charge in [0.2, 0.25) is 0 Å². The van der Waals surface area contributed by atoms with Gasteiger partial charge in [-0.1, -0.05) is 0 Å². The van der Waals surface area contributed by atoms with Gasteiger partial charge in [-0.05, 0) is 44.2 Å². The van der Waals surface area contributed by atoms with E-state index >= 15 is 0 Å². The summed E-state index contributed by atoms with van der Waals surface area (Å²) in [6.07, 6.45) is 3.15. The van der Waals surface area contributed by atoms with E-state index in [2.05, 4.69) is 15.4 Å². The molecule has 0 spiro atoms. The standard InChI is InChI=1S/C20H22N4O3S/c1-13-18(14(2)24(3)23-13)9-10-19(25)27-11-16-12-28-20(22-16)21-15-5-7-17(26-4)8-6-15/h5-10,12H,11H2,1-4H3,(H,21,22)/b10-9+. The van der Waals surface area contributed by atoms with Crippen LogP contribution in [0.3, 0.4) is 0 Å². The van der Waals surface area contributed by atoms with Crippen molar-refractivity contribution < 1.29 is 14.3 Å². The number of hydrogen-bond acceptors (Lipinski definition) is 7. The summed E-state index contributed by atoms with van der Waals surface area (Å²) < 4.78 is 12.2. The molecule has 8 heteroatoms. The van der Waals surface area contributed by atoms with E-state index in [4.69, 9.17) is 9.47 Å². The van der Waals surface area contributed by atoms with Crippen molar-refractivity contribution in [3.8, 4) is 5.75 Å². The maximum Gasteiger partial charge on any atom is 0.331 e. The summed E-state index contributed by atoms with van der Waals surface area (Å²) in [7, 11) is 3.50. The summed E-state index contributed by atoms with van der Waals surface area (Å²) in [6.45, 7) is 3.98. The molecule has 7 nitrogen and oxygen atoms in total. The highest BCUT2D eigenvalue weighted by molar-refractivity contribution is 7.13. The molecule has 3 aromatic rings. The third-order valence-corrected chi connectivity index (χ3v) is 5.01. The second-order valence-corrected chi connectivity index (χ2v) is 7.00. The molecule has 0 aliphatic carbocycles. The van der Waals surface area contributed by atoms with Crippen LogP contribution in [-0.2, 0) is 23.2 Å². The Labute approximate surface area is 167 Å². The molecular weight excluding hydrogens is 376 g/mol. The lowest BCUT2D eigenvalue weighted by atomic mass is 10.2. The average molecular weight is 398 g/mol. The Hall–Kier alpha value is -3.13. The summed E-state index contributed by atoms with van der Waals surface area (Å²) in [5, 5.41) is 10.1. The second-order valence-electron chi connectivity index (χ2n) is 6.15. The topological polar surface area (TPSA) is 78.3 Å². The summed E-state index contributed by atoms with van der Waals surface area (Å²) >= 11 is 1.45. The molecule has 0 fully saturated rings. The van der Waals surface area contributed by atoms with Gasteiger partial charge in [-0.15, -0.1) is 11.3 Å². The number of aryl methyl sites for hydroxylation is 2. The number of nitrogens with one attached hydrogen (secondary N) is 1. The molecule has 0 amide bonds. The molecule has 2 heterocycles. The quantitative estimate of drug-likeness (QED) is 0.479. The maximum absolute atomic E-state index is 12.0. The number of carbonyl (C=O) groups excluding carboxylic acids is 1. The SMILES string of the molecule is COc1ccc(Nc2nc(COC(=O)/C=C/c3c(C)nn(C)c3C)cs2)cc1. The van der Waals surface area contributed by atoms with E-state index in [0.29, 0.717) is 5.69 Å². The van der Waals surface area contributed by atoms with Crippen molar-refractivity contribution in [1.82, 2.24) is 14.8 Å². The van der Waals surface area contributed by atoms with Crippen LogP contribution in [0.5, 0.6) is 5.75 Å². The highest BCUT2D eigenvalue weighted by Gasteiger charge is 2.08. The summed E-state index contributed by atoms with van der Waals surface area (Å²) in [4.78, 5) is 16.4. The third-order valence-electron chi connectivity index (χ3n) is 4.21. The molecule has 3 rings (SSSR count). The van der Waals surface area contributed by atoms with E-state index in [9.17, 15) is 4.79 Å². The number of thiazole rings is 1. The van der Waals surface area contributed by atoms with Gasteiger partial charge in [0.25, 0.3) is 0 Å². The van der Waals surface area contributed by atoms with Gasteiger partial charge < -0.3 is 14.8 Å². The van der Waals surface area contributed by atoms with Crippen molar-refractivity contribution in [2.45, 2.75) is 20.5 Å². The van der Waals surface area contributed by atoms with Crippen LogP contribution in [0.15, 0.2) is 35.7 Å². The first-order chi connectivity index (χ1) is 13.5. The van der Waals surface area contributed by atoms with Gasteiger partial charge in [-0.3, -0.25) is 4.68 Å². The van der Waals surface area contributed by atoms with Crippen LogP contribution in [0.4, 0.5) is 10.8 Å². The van der Waals surface area contributed by atoms with Gasteiger partial charge in [0.05, 0.1) is 18.5 Å². The van der Waals surface area contributed by atoms with Gasteiger partial charge in [-0.25, -0.2) is 9.78 Å². The molecule has 0 aliphatic heterocycles. The van der Waals surface area contributed by atoms with Crippen molar-refractivity contribution in [1.29, 1.82) is 0 Å². The van der Waals surface area contributed by atoms with E-state index in [-0.39, 0.29) is 6.61 Å². The van der Waals surface area contributed by atoms with Crippen LogP contribution in [0, 0.1) is 13.8 Å². The Morgan fingerprint density at radius 3 is 2.68 bits per heavy atom. The van der Waals surface area contributed by atoms with Gasteiger partial charge in [0.15, 0.2) is 5.13 Å². The van der Waals surface area contributed by atoms with Crippen molar-refractivity contribution in [2.75, 3.05) is 12.4 Å². The minimum Gasteiger partial charge on any atom is -0.497 e. The lowest BCUT2D eigenvalue weighted by Gasteiger charge is -2.04. The largest absolute Gasteiger partial charge is 0.497 e. The first kappa shape index (κ1) is 19.6. The smallest absolute Gasteiger partial charge is 0.331 e. The number of hydrogen-bond donors (Lipinski definition) is 1. The zero-order chi connectivity index (χ0) is 20.1. The number of rotatable bonds is 7. The number of anilines is 2. The molecule has 0 bridgehead atoms. The van der Waals surface area contributed by atoms with Gasteiger partial charge in [-0.2, -0.15) is 5.10 Å². The molecule has 28 heavy (non-hydrogen) atoms. The van der Waals surface area contributed by atoms with Crippen LogP contribution in [-0.4, -0.2) is 27.8 Å². The summed E-state index contributed by atoms with van der Waals surface area (Å²) in [5.41, 5.74) is 4.40. The lowest BCUT2D eigenvalue weighted by molar-refractivity contribution is -0.139. The highest BCUT2D eigenvalue weighted by Crippen LogP contribution is 2.23. The third kappa shape index (κ3) is 4.77. The van der Waals surface area contributed by atoms with Crippen LogP contribution >= 0.6 is 11.3 Å². The van der Waals surface area contributed by atoms with Gasteiger partial charge in [0.1, 0.15) is 12.4 Å². The zero-order valence-electron chi connectivity index (χ0n) is 16.2. The van der Waals surface area contributed by atoms with Crippen LogP contribution < -0.4 is 10.1 Å². The zero-order valence-corrected chi connectivity index (χ0v) is 17.0. The Morgan fingerprint density at radius 2 is 2.04 bits per heavy atom. The van der Waals surface area contributed by atoms with E-state index < -0.39 is 5.97 Å². The molecule has 1 aromatic carbocycles. The molecule has 0 unspecified atom stereocenters. The fourth-order valence-corrected chi connectivity index (χ4v) is 3.32. The molecule has 0 atom stereocenters. The Balaban J connectivity index is 1.53. The molecule has 0 aliphatic rings. The molecular formula is C20H22N4O3S. The average Bonchev–Trinajstić information content (AvgIpc) is 3.23. The maximum atomic E-state index is 12.0. The van der Waals surface area contributed by atoms with Crippen LogP contribution in [0.25, 0.3) is 6.08 Å². The number of nitrogens with zero attached hydrogens (tertiary/aromatic N) is 3. The molecule has 0 saturated carbocycles. The number of methoxy groups -OCH3 is 1. The first-order valence-electron chi connectivity index (χ1n) is 8.67. The van der Waals surface area contributed by atoms with Crippen molar-refractivity contribution in [2.24, 2.45) is 7.05 Å². The van der Waals surface area contributed by atoms with Crippen molar-refractivity contribution in [3.63, 3.8) is 0 Å². The van der Waals surface area contributed by atoms with E-state index in [1.54, 1.807) is 17.9 Å². The van der Waals surface area contributed by atoms with E-state index in [1.165, 1.54) is 17.4 Å². The number of carbonyl (C=O) groups is 1. The van der Waals surface area contributed by atoms with Crippen molar-refractivity contribution in [3.05, 3.63) is 58.4 Å². The lowest BCUT2D eigenvalue weighted by Crippen LogP contribution is -2.01. The van der Waals surface area contributed by atoms with Crippen molar-refractivity contribution >= 4 is 34.2 Å². The number of ether oxygens (including phenoxy) is 2. The number of benzene rings is 1. The molecule has 1 N–H and O–H groups in total.